The Morgan fingerprint density at radius 3 is 1.57 bits per heavy atom. The van der Waals surface area contributed by atoms with E-state index >= 15 is 0 Å². The first kappa shape index (κ1) is 15.1. The largest absolute Gasteiger partial charge is 0.326 e. The number of benzene rings is 2. The fourth-order valence-electron chi connectivity index (χ4n) is 1.67. The Labute approximate surface area is 130 Å². The topological polar surface area (TPSA) is 70.2 Å². The van der Waals surface area contributed by atoms with Crippen molar-refractivity contribution in [2.24, 2.45) is 0 Å². The standard InChI is InChI=1S/C15H14BrN3O2/c1-10(20)17-12-6-8-14(9-7-12)19-15(21)18-13-4-2-11(16)3-5-13/h2-9H,1H3,(H,17,20)(H2,18,19,21). The number of carbonyl (C=O) groups excluding carboxylic acids is 2. The molecule has 0 atom stereocenters. The molecule has 0 bridgehead atoms. The molecule has 0 spiro atoms. The summed E-state index contributed by atoms with van der Waals surface area (Å²) in [5.74, 6) is -0.135. The highest BCUT2D eigenvalue weighted by Crippen LogP contribution is 2.16. The van der Waals surface area contributed by atoms with Crippen molar-refractivity contribution in [2.45, 2.75) is 6.92 Å². The number of hydrogen-bond acceptors (Lipinski definition) is 2. The molecule has 0 heterocycles. The highest BCUT2D eigenvalue weighted by molar-refractivity contribution is 9.10. The smallest absolute Gasteiger partial charge is 0.323 e. The maximum atomic E-state index is 11.8. The molecule has 2 rings (SSSR count). The van der Waals surface area contributed by atoms with Gasteiger partial charge in [-0.15, -0.1) is 0 Å². The van der Waals surface area contributed by atoms with Crippen LogP contribution in [0.15, 0.2) is 53.0 Å². The summed E-state index contributed by atoms with van der Waals surface area (Å²) >= 11 is 3.33. The van der Waals surface area contributed by atoms with Gasteiger partial charge in [0.1, 0.15) is 0 Å². The van der Waals surface area contributed by atoms with Gasteiger partial charge in [-0.1, -0.05) is 15.9 Å². The number of nitrogens with one attached hydrogen (secondary N) is 3. The van der Waals surface area contributed by atoms with Crippen molar-refractivity contribution in [1.82, 2.24) is 0 Å². The van der Waals surface area contributed by atoms with Crippen LogP contribution in [0.2, 0.25) is 0 Å². The Balaban J connectivity index is 1.93. The van der Waals surface area contributed by atoms with E-state index in [0.29, 0.717) is 17.1 Å². The van der Waals surface area contributed by atoms with E-state index in [9.17, 15) is 9.59 Å². The molecule has 0 saturated carbocycles. The Morgan fingerprint density at radius 1 is 0.762 bits per heavy atom. The number of halogens is 1. The van der Waals surface area contributed by atoms with Crippen LogP contribution in [0.5, 0.6) is 0 Å². The molecule has 0 saturated heterocycles. The summed E-state index contributed by atoms with van der Waals surface area (Å²) in [6, 6.07) is 13.8. The van der Waals surface area contributed by atoms with E-state index in [1.165, 1.54) is 6.92 Å². The molecule has 3 amide bonds. The molecule has 0 unspecified atom stereocenters. The number of hydrogen-bond donors (Lipinski definition) is 3. The van der Waals surface area contributed by atoms with Gasteiger partial charge in [0.25, 0.3) is 0 Å². The lowest BCUT2D eigenvalue weighted by atomic mass is 10.3. The summed E-state index contributed by atoms with van der Waals surface area (Å²) in [6.07, 6.45) is 0. The molecule has 108 valence electrons. The number of anilines is 3. The Bertz CT molecular complexity index is 639. The second-order valence-corrected chi connectivity index (χ2v) is 5.26. The first-order valence-electron chi connectivity index (χ1n) is 6.24. The van der Waals surface area contributed by atoms with Gasteiger partial charge in [-0.25, -0.2) is 4.79 Å². The molecule has 2 aromatic carbocycles. The molecule has 2 aromatic rings. The van der Waals surface area contributed by atoms with Gasteiger partial charge in [0.2, 0.25) is 5.91 Å². The van der Waals surface area contributed by atoms with Crippen LogP contribution in [0.4, 0.5) is 21.9 Å². The number of rotatable bonds is 3. The molecule has 0 radical (unpaired) electrons. The Morgan fingerprint density at radius 2 is 1.14 bits per heavy atom. The van der Waals surface area contributed by atoms with Crippen LogP contribution in [0.3, 0.4) is 0 Å². The summed E-state index contributed by atoms with van der Waals surface area (Å²) in [5.41, 5.74) is 2.02. The first-order chi connectivity index (χ1) is 10.0. The monoisotopic (exact) mass is 347 g/mol. The molecule has 0 fully saturated rings. The number of carbonyl (C=O) groups is 2. The lowest BCUT2D eigenvalue weighted by molar-refractivity contribution is -0.114. The van der Waals surface area contributed by atoms with E-state index in [4.69, 9.17) is 0 Å². The summed E-state index contributed by atoms with van der Waals surface area (Å²) in [7, 11) is 0. The third kappa shape index (κ3) is 4.92. The van der Waals surface area contributed by atoms with Crippen molar-refractivity contribution in [2.75, 3.05) is 16.0 Å². The van der Waals surface area contributed by atoms with Gasteiger partial charge in [0.05, 0.1) is 0 Å². The van der Waals surface area contributed by atoms with Crippen molar-refractivity contribution in [1.29, 1.82) is 0 Å². The fraction of sp³-hybridized carbons (Fsp3) is 0.0667. The molecule has 3 N–H and O–H groups in total. The molecule has 21 heavy (non-hydrogen) atoms. The zero-order chi connectivity index (χ0) is 15.2. The Kier molecular flexibility index (Phi) is 4.94. The predicted molar refractivity (Wildman–Crippen MR) is 87.5 cm³/mol. The summed E-state index contributed by atoms with van der Waals surface area (Å²) in [5, 5.41) is 8.09. The van der Waals surface area contributed by atoms with Crippen molar-refractivity contribution in [3.05, 3.63) is 53.0 Å². The zero-order valence-electron chi connectivity index (χ0n) is 11.3. The van der Waals surface area contributed by atoms with Crippen LogP contribution in [-0.2, 0) is 4.79 Å². The molecular weight excluding hydrogens is 334 g/mol. The molecule has 0 aliphatic carbocycles. The highest BCUT2D eigenvalue weighted by atomic mass is 79.9. The zero-order valence-corrected chi connectivity index (χ0v) is 12.9. The lowest BCUT2D eigenvalue weighted by Gasteiger charge is -2.08. The van der Waals surface area contributed by atoms with E-state index in [0.717, 1.165) is 4.47 Å². The average molecular weight is 348 g/mol. The third-order valence-electron chi connectivity index (χ3n) is 2.57. The van der Waals surface area contributed by atoms with Crippen molar-refractivity contribution in [3.8, 4) is 0 Å². The molecule has 0 aliphatic rings. The maximum absolute atomic E-state index is 11.8. The molecular formula is C15H14BrN3O2. The summed E-state index contributed by atoms with van der Waals surface area (Å²) in [4.78, 5) is 22.7. The van der Waals surface area contributed by atoms with E-state index < -0.39 is 0 Å². The third-order valence-corrected chi connectivity index (χ3v) is 3.09. The molecule has 0 aromatic heterocycles. The van der Waals surface area contributed by atoms with Gasteiger partial charge < -0.3 is 16.0 Å². The van der Waals surface area contributed by atoms with Crippen LogP contribution in [0.25, 0.3) is 0 Å². The number of urea groups is 1. The van der Waals surface area contributed by atoms with Crippen molar-refractivity contribution in [3.63, 3.8) is 0 Å². The van der Waals surface area contributed by atoms with Crippen molar-refractivity contribution < 1.29 is 9.59 Å². The number of amides is 3. The van der Waals surface area contributed by atoms with Gasteiger partial charge in [-0.2, -0.15) is 0 Å². The van der Waals surface area contributed by atoms with Gasteiger partial charge >= 0.3 is 6.03 Å². The predicted octanol–water partition coefficient (Wildman–Crippen LogP) is 4.05. The van der Waals surface area contributed by atoms with Crippen LogP contribution in [0.1, 0.15) is 6.92 Å². The highest BCUT2D eigenvalue weighted by Gasteiger charge is 2.03. The van der Waals surface area contributed by atoms with Gasteiger partial charge in [-0.3, -0.25) is 4.79 Å². The molecule has 6 heteroatoms. The molecule has 5 nitrogen and oxygen atoms in total. The van der Waals surface area contributed by atoms with E-state index in [2.05, 4.69) is 31.9 Å². The average Bonchev–Trinajstić information content (AvgIpc) is 2.43. The SMILES string of the molecule is CC(=O)Nc1ccc(NC(=O)Nc2ccc(Br)cc2)cc1. The lowest BCUT2D eigenvalue weighted by Crippen LogP contribution is -2.19. The maximum Gasteiger partial charge on any atom is 0.323 e. The van der Waals surface area contributed by atoms with Crippen LogP contribution < -0.4 is 16.0 Å². The van der Waals surface area contributed by atoms with E-state index in [1.54, 1.807) is 36.4 Å². The quantitative estimate of drug-likeness (QED) is 0.783. The Hall–Kier alpha value is -2.34. The van der Waals surface area contributed by atoms with Crippen LogP contribution in [-0.4, -0.2) is 11.9 Å². The van der Waals surface area contributed by atoms with Crippen LogP contribution in [0, 0.1) is 0 Å². The first-order valence-corrected chi connectivity index (χ1v) is 7.03. The second kappa shape index (κ2) is 6.90. The second-order valence-electron chi connectivity index (χ2n) is 4.34. The minimum atomic E-state index is -0.329. The normalized spacial score (nSPS) is 9.81. The van der Waals surface area contributed by atoms with Crippen LogP contribution >= 0.6 is 15.9 Å². The van der Waals surface area contributed by atoms with E-state index in [-0.39, 0.29) is 11.9 Å². The van der Waals surface area contributed by atoms with Gasteiger partial charge in [0, 0.05) is 28.5 Å². The fourth-order valence-corrected chi connectivity index (χ4v) is 1.93. The summed E-state index contributed by atoms with van der Waals surface area (Å²) < 4.78 is 0.946. The summed E-state index contributed by atoms with van der Waals surface area (Å²) in [6.45, 7) is 1.44. The van der Waals surface area contributed by atoms with Crippen molar-refractivity contribution >= 4 is 44.9 Å². The van der Waals surface area contributed by atoms with Gasteiger partial charge in [0.15, 0.2) is 0 Å². The molecule has 0 aliphatic heterocycles. The van der Waals surface area contributed by atoms with Gasteiger partial charge in [-0.05, 0) is 48.5 Å². The minimum absolute atomic E-state index is 0.135. The van der Waals surface area contributed by atoms with E-state index in [1.807, 2.05) is 12.1 Å². The minimum Gasteiger partial charge on any atom is -0.326 e.